The molecular weight excluding hydrogens is 702 g/mol. The molecule has 0 heterocycles. The number of rotatable bonds is 19. The van der Waals surface area contributed by atoms with Crippen molar-refractivity contribution in [2.24, 2.45) is 11.8 Å². The molecule has 6 heteroatoms. The molecular formula is C50H57F3N2O. The highest BCUT2D eigenvalue weighted by atomic mass is 19.4. The summed E-state index contributed by atoms with van der Waals surface area (Å²) < 4.78 is 46.5. The third-order valence-electron chi connectivity index (χ3n) is 9.88. The maximum atomic E-state index is 13.4. The van der Waals surface area contributed by atoms with Crippen LogP contribution in [0.1, 0.15) is 68.2 Å². The minimum atomic E-state index is -4.39. The summed E-state index contributed by atoms with van der Waals surface area (Å²) in [5.74, 6) is 1.10. The Morgan fingerprint density at radius 2 is 1.68 bits per heavy atom. The van der Waals surface area contributed by atoms with Gasteiger partial charge in [-0.15, -0.1) is 0 Å². The lowest BCUT2D eigenvalue weighted by atomic mass is 9.82. The summed E-state index contributed by atoms with van der Waals surface area (Å²) in [6.07, 6.45) is 25.7. The second kappa shape index (κ2) is 21.6. The first kappa shape index (κ1) is 43.2. The molecule has 0 radical (unpaired) electrons. The Labute approximate surface area is 333 Å². The van der Waals surface area contributed by atoms with Crippen LogP contribution in [0.2, 0.25) is 0 Å². The van der Waals surface area contributed by atoms with Gasteiger partial charge in [0.1, 0.15) is 5.76 Å². The highest BCUT2D eigenvalue weighted by molar-refractivity contribution is 5.75. The molecule has 0 aliphatic heterocycles. The summed E-state index contributed by atoms with van der Waals surface area (Å²) in [5.41, 5.74) is 8.41. The Bertz CT molecular complexity index is 1980. The van der Waals surface area contributed by atoms with Crippen molar-refractivity contribution >= 4 is 11.4 Å². The van der Waals surface area contributed by atoms with E-state index in [-0.39, 0.29) is 11.8 Å². The van der Waals surface area contributed by atoms with E-state index in [1.807, 2.05) is 50.4 Å². The van der Waals surface area contributed by atoms with E-state index in [0.717, 1.165) is 89.7 Å². The molecule has 2 aromatic carbocycles. The van der Waals surface area contributed by atoms with Gasteiger partial charge in [-0.1, -0.05) is 142 Å². The molecule has 56 heavy (non-hydrogen) atoms. The van der Waals surface area contributed by atoms with Crippen LogP contribution in [-0.4, -0.2) is 13.2 Å². The second-order valence-corrected chi connectivity index (χ2v) is 14.1. The molecule has 2 aliphatic carbocycles. The van der Waals surface area contributed by atoms with Gasteiger partial charge in [0.25, 0.3) is 0 Å². The SMILES string of the molecule is C=C(/C=C/C=C(\C=C/C)OC(=C)CCCc1ccc(NC(=C)C2C=CCC=CC2C2=CC=C(C(F)(F)F)C=CC2)c(C(=C)NC)c1)CCc1cccc(CC)c1. The van der Waals surface area contributed by atoms with Crippen molar-refractivity contribution < 1.29 is 17.9 Å². The molecule has 2 aliphatic rings. The molecule has 0 amide bonds. The van der Waals surface area contributed by atoms with E-state index >= 15 is 0 Å². The van der Waals surface area contributed by atoms with Crippen LogP contribution in [0, 0.1) is 11.8 Å². The molecule has 0 saturated carbocycles. The first-order valence-corrected chi connectivity index (χ1v) is 19.5. The van der Waals surface area contributed by atoms with E-state index in [9.17, 15) is 13.2 Å². The lowest BCUT2D eigenvalue weighted by molar-refractivity contribution is -0.0881. The van der Waals surface area contributed by atoms with Gasteiger partial charge in [-0.2, -0.15) is 13.2 Å². The molecule has 3 nitrogen and oxygen atoms in total. The zero-order valence-corrected chi connectivity index (χ0v) is 33.2. The molecule has 0 bridgehead atoms. The molecule has 2 atom stereocenters. The fourth-order valence-corrected chi connectivity index (χ4v) is 6.70. The normalized spacial score (nSPS) is 17.3. The van der Waals surface area contributed by atoms with Crippen LogP contribution in [0.25, 0.3) is 5.70 Å². The summed E-state index contributed by atoms with van der Waals surface area (Å²) in [6, 6.07) is 15.0. The quantitative estimate of drug-likeness (QED) is 0.0850. The van der Waals surface area contributed by atoms with Gasteiger partial charge in [-0.05, 0) is 92.8 Å². The Hall–Kier alpha value is -5.49. The minimum absolute atomic E-state index is 0.148. The van der Waals surface area contributed by atoms with Gasteiger partial charge in [0.2, 0.25) is 0 Å². The Morgan fingerprint density at radius 3 is 2.43 bits per heavy atom. The van der Waals surface area contributed by atoms with Gasteiger partial charge in [-0.3, -0.25) is 0 Å². The van der Waals surface area contributed by atoms with Crippen molar-refractivity contribution in [1.82, 2.24) is 5.32 Å². The summed E-state index contributed by atoms with van der Waals surface area (Å²) in [6.45, 7) is 21.2. The Kier molecular flexibility index (Phi) is 16.6. The molecule has 4 rings (SSSR count). The van der Waals surface area contributed by atoms with Crippen molar-refractivity contribution in [2.75, 3.05) is 12.4 Å². The number of hydrogen-bond donors (Lipinski definition) is 2. The zero-order valence-electron chi connectivity index (χ0n) is 33.2. The van der Waals surface area contributed by atoms with Gasteiger partial charge in [0.05, 0.1) is 11.3 Å². The molecule has 2 aromatic rings. The number of ether oxygens (including phenoxy) is 1. The van der Waals surface area contributed by atoms with E-state index in [0.29, 0.717) is 18.6 Å². The van der Waals surface area contributed by atoms with Crippen LogP contribution in [0.4, 0.5) is 18.9 Å². The van der Waals surface area contributed by atoms with Crippen molar-refractivity contribution in [3.63, 3.8) is 0 Å². The van der Waals surface area contributed by atoms with E-state index in [1.165, 1.54) is 17.2 Å². The lowest BCUT2D eigenvalue weighted by Gasteiger charge is -2.27. The number of hydrogen-bond acceptors (Lipinski definition) is 3. The van der Waals surface area contributed by atoms with Gasteiger partial charge < -0.3 is 15.4 Å². The van der Waals surface area contributed by atoms with Gasteiger partial charge in [0, 0.05) is 47.9 Å². The lowest BCUT2D eigenvalue weighted by Crippen LogP contribution is -2.20. The van der Waals surface area contributed by atoms with Crippen LogP contribution in [-0.2, 0) is 24.0 Å². The summed E-state index contributed by atoms with van der Waals surface area (Å²) in [7, 11) is 1.84. The molecule has 0 saturated heterocycles. The zero-order chi connectivity index (χ0) is 40.5. The highest BCUT2D eigenvalue weighted by Gasteiger charge is 2.32. The van der Waals surface area contributed by atoms with Crippen molar-refractivity contribution in [3.8, 4) is 0 Å². The minimum Gasteiger partial charge on any atom is -0.462 e. The monoisotopic (exact) mass is 758 g/mol. The van der Waals surface area contributed by atoms with Crippen LogP contribution in [0.3, 0.4) is 0 Å². The largest absolute Gasteiger partial charge is 0.462 e. The van der Waals surface area contributed by atoms with E-state index in [1.54, 1.807) is 12.2 Å². The molecule has 0 fully saturated rings. The number of alkyl halides is 3. The number of anilines is 1. The molecule has 294 valence electrons. The predicted molar refractivity (Wildman–Crippen MR) is 232 cm³/mol. The van der Waals surface area contributed by atoms with Crippen molar-refractivity contribution in [2.45, 2.75) is 71.4 Å². The standard InChI is InChI=1S/C50H57F3N2O/c1-8-17-45(25-13-18-36(3)28-29-41-22-15-20-40(9-2)34-41)56-37(4)19-14-21-42-30-33-49(48(35-42)38(5)54-7)55-39(6)46-26-11-10-12-27-47(46)43-23-16-24-44(32-31-43)50(51,52)53/h8,11-13,15-18,20,22,24-27,30-35,46-47,54-55H,3-6,9-10,14,19,21,23,28-29H2,1-2,7H3/b17-8-,18-13+,45-25+. The van der Waals surface area contributed by atoms with E-state index in [2.05, 4.69) is 105 Å². The van der Waals surface area contributed by atoms with Gasteiger partial charge in [-0.25, -0.2) is 0 Å². The van der Waals surface area contributed by atoms with Gasteiger partial charge in [0.15, 0.2) is 0 Å². The van der Waals surface area contributed by atoms with Crippen LogP contribution < -0.4 is 10.6 Å². The summed E-state index contributed by atoms with van der Waals surface area (Å²) in [4.78, 5) is 0. The maximum absolute atomic E-state index is 13.4. The number of benzene rings is 2. The number of aryl methyl sites for hydroxylation is 3. The third kappa shape index (κ3) is 13.4. The first-order valence-electron chi connectivity index (χ1n) is 19.5. The first-order chi connectivity index (χ1) is 26.9. The number of allylic oxidation sites excluding steroid dienone is 17. The smallest absolute Gasteiger partial charge is 0.416 e. The third-order valence-corrected chi connectivity index (χ3v) is 9.88. The van der Waals surface area contributed by atoms with E-state index < -0.39 is 11.7 Å². The number of halogens is 3. The molecule has 2 N–H and O–H groups in total. The fourth-order valence-electron chi connectivity index (χ4n) is 6.70. The van der Waals surface area contributed by atoms with Crippen molar-refractivity contribution in [1.29, 1.82) is 0 Å². The summed E-state index contributed by atoms with van der Waals surface area (Å²) >= 11 is 0. The second-order valence-electron chi connectivity index (χ2n) is 14.1. The van der Waals surface area contributed by atoms with Crippen LogP contribution in [0.15, 0.2) is 182 Å². The van der Waals surface area contributed by atoms with Crippen LogP contribution in [0.5, 0.6) is 0 Å². The Morgan fingerprint density at radius 1 is 0.911 bits per heavy atom. The van der Waals surface area contributed by atoms with Crippen LogP contribution >= 0.6 is 0 Å². The highest BCUT2D eigenvalue weighted by Crippen LogP contribution is 2.37. The number of nitrogens with one attached hydrogen (secondary N) is 2. The topological polar surface area (TPSA) is 33.3 Å². The Balaban J connectivity index is 1.36. The average molecular weight is 759 g/mol. The molecule has 0 aromatic heterocycles. The molecule has 2 unspecified atom stereocenters. The molecule has 0 spiro atoms. The van der Waals surface area contributed by atoms with Crippen molar-refractivity contribution in [3.05, 3.63) is 204 Å². The van der Waals surface area contributed by atoms with E-state index in [4.69, 9.17) is 4.74 Å². The fraction of sp³-hybridized carbons (Fsp3) is 0.280. The average Bonchev–Trinajstić information content (AvgIpc) is 3.59. The maximum Gasteiger partial charge on any atom is 0.416 e. The predicted octanol–water partition coefficient (Wildman–Crippen LogP) is 13.5. The summed E-state index contributed by atoms with van der Waals surface area (Å²) in [5, 5.41) is 6.72. The van der Waals surface area contributed by atoms with Gasteiger partial charge >= 0.3 is 6.18 Å².